The molecule has 0 spiro atoms. The Morgan fingerprint density at radius 2 is 1.75 bits per heavy atom. The van der Waals surface area contributed by atoms with Crippen LogP contribution in [0.1, 0.15) is 69.1 Å². The summed E-state index contributed by atoms with van der Waals surface area (Å²) < 4.78 is 1.86. The van der Waals surface area contributed by atoms with Crippen molar-refractivity contribution in [1.29, 1.82) is 0 Å². The molecule has 0 fully saturated rings. The van der Waals surface area contributed by atoms with Crippen LogP contribution in [0.4, 0.5) is 5.82 Å². The van der Waals surface area contributed by atoms with Gasteiger partial charge in [0.25, 0.3) is 5.91 Å². The van der Waals surface area contributed by atoms with E-state index in [1.807, 2.05) is 17.7 Å². The quantitative estimate of drug-likeness (QED) is 0.914. The molecule has 2 rings (SSSR count). The second-order valence-electron chi connectivity index (χ2n) is 8.12. The van der Waals surface area contributed by atoms with E-state index in [0.717, 1.165) is 5.69 Å². The SMILES string of the molecule is Cc1ncc(C(=O)Nc2cc(C(C)(C)C)nn2C(C)(C)C)c(C)n1. The molecule has 0 aromatic carbocycles. The van der Waals surface area contributed by atoms with Gasteiger partial charge in [0.2, 0.25) is 0 Å². The fourth-order valence-electron chi connectivity index (χ4n) is 2.34. The number of hydrogen-bond acceptors (Lipinski definition) is 4. The molecule has 0 unspecified atom stereocenters. The second kappa shape index (κ2) is 6.00. The zero-order chi connectivity index (χ0) is 18.3. The minimum absolute atomic E-state index is 0.0983. The third-order valence-electron chi connectivity index (χ3n) is 3.70. The van der Waals surface area contributed by atoms with Gasteiger partial charge in [-0.1, -0.05) is 20.8 Å². The van der Waals surface area contributed by atoms with Crippen LogP contribution in [0.2, 0.25) is 0 Å². The number of amides is 1. The minimum atomic E-state index is -0.245. The molecule has 2 heterocycles. The molecule has 0 aliphatic rings. The molecular formula is C18H27N5O. The van der Waals surface area contributed by atoms with Crippen molar-refractivity contribution in [1.82, 2.24) is 19.7 Å². The van der Waals surface area contributed by atoms with Gasteiger partial charge < -0.3 is 5.32 Å². The van der Waals surface area contributed by atoms with Crippen molar-refractivity contribution in [3.63, 3.8) is 0 Å². The van der Waals surface area contributed by atoms with E-state index in [4.69, 9.17) is 5.10 Å². The first-order chi connectivity index (χ1) is 10.9. The Kier molecular flexibility index (Phi) is 4.52. The largest absolute Gasteiger partial charge is 0.307 e. The van der Waals surface area contributed by atoms with Crippen LogP contribution >= 0.6 is 0 Å². The van der Waals surface area contributed by atoms with E-state index in [-0.39, 0.29) is 16.9 Å². The van der Waals surface area contributed by atoms with Gasteiger partial charge in [-0.3, -0.25) is 4.79 Å². The van der Waals surface area contributed by atoms with Crippen LogP contribution in [0.5, 0.6) is 0 Å². The summed E-state index contributed by atoms with van der Waals surface area (Å²) in [6.07, 6.45) is 1.56. The first-order valence-electron chi connectivity index (χ1n) is 8.12. The van der Waals surface area contributed by atoms with Gasteiger partial charge in [-0.2, -0.15) is 5.10 Å². The summed E-state index contributed by atoms with van der Waals surface area (Å²) in [5, 5.41) is 7.67. The summed E-state index contributed by atoms with van der Waals surface area (Å²) in [5.74, 6) is 1.11. The van der Waals surface area contributed by atoms with Crippen LogP contribution in [0, 0.1) is 13.8 Å². The van der Waals surface area contributed by atoms with Gasteiger partial charge in [0.15, 0.2) is 0 Å². The fraction of sp³-hybridized carbons (Fsp3) is 0.556. The van der Waals surface area contributed by atoms with Gasteiger partial charge in [0.1, 0.15) is 11.6 Å². The standard InChI is InChI=1S/C18H27N5O/c1-11-13(10-19-12(2)20-11)16(24)21-15-9-14(17(3,4)5)22-23(15)18(6,7)8/h9-10H,1-8H3,(H,21,24). The minimum Gasteiger partial charge on any atom is -0.307 e. The molecule has 0 radical (unpaired) electrons. The summed E-state index contributed by atoms with van der Waals surface area (Å²) >= 11 is 0. The molecule has 0 saturated heterocycles. The van der Waals surface area contributed by atoms with Crippen molar-refractivity contribution in [2.24, 2.45) is 0 Å². The number of carbonyl (C=O) groups excluding carboxylic acids is 1. The van der Waals surface area contributed by atoms with Crippen LogP contribution in [0.3, 0.4) is 0 Å². The van der Waals surface area contributed by atoms with Crippen LogP contribution in [0.15, 0.2) is 12.3 Å². The average Bonchev–Trinajstić information content (AvgIpc) is 2.82. The van der Waals surface area contributed by atoms with Gasteiger partial charge >= 0.3 is 0 Å². The maximum atomic E-state index is 12.7. The number of nitrogens with zero attached hydrogens (tertiary/aromatic N) is 4. The van der Waals surface area contributed by atoms with E-state index in [1.54, 1.807) is 13.1 Å². The van der Waals surface area contributed by atoms with Gasteiger partial charge in [0, 0.05) is 17.7 Å². The Hall–Kier alpha value is -2.24. The van der Waals surface area contributed by atoms with Crippen LogP contribution in [-0.2, 0) is 11.0 Å². The lowest BCUT2D eigenvalue weighted by atomic mass is 9.92. The van der Waals surface area contributed by atoms with Crippen molar-refractivity contribution >= 4 is 11.7 Å². The number of hydrogen-bond donors (Lipinski definition) is 1. The number of rotatable bonds is 2. The summed E-state index contributed by atoms with van der Waals surface area (Å²) in [6.45, 7) is 16.1. The van der Waals surface area contributed by atoms with Crippen molar-refractivity contribution in [3.8, 4) is 0 Å². The Labute approximate surface area is 143 Å². The first-order valence-corrected chi connectivity index (χ1v) is 8.12. The first kappa shape index (κ1) is 18.1. The molecule has 6 heteroatoms. The zero-order valence-electron chi connectivity index (χ0n) is 15.9. The van der Waals surface area contributed by atoms with Crippen LogP contribution < -0.4 is 5.32 Å². The van der Waals surface area contributed by atoms with Crippen LogP contribution in [-0.4, -0.2) is 25.7 Å². The highest BCUT2D eigenvalue weighted by Gasteiger charge is 2.26. The highest BCUT2D eigenvalue weighted by molar-refractivity contribution is 6.04. The lowest BCUT2D eigenvalue weighted by molar-refractivity contribution is 0.102. The average molecular weight is 329 g/mol. The van der Waals surface area contributed by atoms with E-state index in [1.165, 1.54) is 0 Å². The molecule has 0 atom stereocenters. The van der Waals surface area contributed by atoms with E-state index in [0.29, 0.717) is 22.9 Å². The topological polar surface area (TPSA) is 72.7 Å². The summed E-state index contributed by atoms with van der Waals surface area (Å²) in [5.41, 5.74) is 1.73. The van der Waals surface area contributed by atoms with E-state index < -0.39 is 0 Å². The molecule has 1 N–H and O–H groups in total. The predicted octanol–water partition coefficient (Wildman–Crippen LogP) is 3.59. The second-order valence-corrected chi connectivity index (χ2v) is 8.12. The normalized spacial score (nSPS) is 12.3. The molecule has 0 saturated carbocycles. The maximum Gasteiger partial charge on any atom is 0.260 e. The van der Waals surface area contributed by atoms with E-state index in [9.17, 15) is 4.79 Å². The Morgan fingerprint density at radius 1 is 1.12 bits per heavy atom. The molecule has 1 amide bonds. The summed E-state index contributed by atoms with van der Waals surface area (Å²) in [6, 6.07) is 1.94. The van der Waals surface area contributed by atoms with Crippen molar-refractivity contribution in [2.75, 3.05) is 5.32 Å². The third kappa shape index (κ3) is 3.80. The Balaban J connectivity index is 2.41. The molecular weight excluding hydrogens is 302 g/mol. The number of aryl methyl sites for hydroxylation is 2. The van der Waals surface area contributed by atoms with Gasteiger partial charge in [-0.05, 0) is 34.6 Å². The molecule has 0 aliphatic carbocycles. The third-order valence-corrected chi connectivity index (χ3v) is 3.70. The van der Waals surface area contributed by atoms with Gasteiger partial charge in [0.05, 0.1) is 22.5 Å². The molecule has 2 aromatic rings. The molecule has 2 aromatic heterocycles. The summed E-state index contributed by atoms with van der Waals surface area (Å²) in [4.78, 5) is 21.0. The zero-order valence-corrected chi connectivity index (χ0v) is 15.9. The molecule has 24 heavy (non-hydrogen) atoms. The molecule has 0 bridgehead atoms. The lowest BCUT2D eigenvalue weighted by Crippen LogP contribution is -2.27. The molecule has 6 nitrogen and oxygen atoms in total. The highest BCUT2D eigenvalue weighted by atomic mass is 16.1. The van der Waals surface area contributed by atoms with Crippen molar-refractivity contribution < 1.29 is 4.79 Å². The summed E-state index contributed by atoms with van der Waals surface area (Å²) in [7, 11) is 0. The predicted molar refractivity (Wildman–Crippen MR) is 95.4 cm³/mol. The molecule has 130 valence electrons. The Bertz CT molecular complexity index is 763. The number of nitrogens with one attached hydrogen (secondary N) is 1. The van der Waals surface area contributed by atoms with Gasteiger partial charge in [-0.15, -0.1) is 0 Å². The van der Waals surface area contributed by atoms with Gasteiger partial charge in [-0.25, -0.2) is 14.6 Å². The van der Waals surface area contributed by atoms with E-state index >= 15 is 0 Å². The number of carbonyl (C=O) groups is 1. The highest BCUT2D eigenvalue weighted by Crippen LogP contribution is 2.28. The molecule has 0 aliphatic heterocycles. The monoisotopic (exact) mass is 329 g/mol. The smallest absolute Gasteiger partial charge is 0.260 e. The fourth-order valence-corrected chi connectivity index (χ4v) is 2.34. The van der Waals surface area contributed by atoms with Crippen molar-refractivity contribution in [2.45, 2.75) is 66.3 Å². The maximum absolute atomic E-state index is 12.7. The van der Waals surface area contributed by atoms with E-state index in [2.05, 4.69) is 56.8 Å². The number of anilines is 1. The number of aromatic nitrogens is 4. The lowest BCUT2D eigenvalue weighted by Gasteiger charge is -2.23. The van der Waals surface area contributed by atoms with Crippen LogP contribution in [0.25, 0.3) is 0 Å². The van der Waals surface area contributed by atoms with Crippen molar-refractivity contribution in [3.05, 3.63) is 35.0 Å². The Morgan fingerprint density at radius 3 is 2.25 bits per heavy atom.